The minimum atomic E-state index is 0.277. The zero-order chi connectivity index (χ0) is 12.4. The van der Waals surface area contributed by atoms with E-state index in [1.807, 2.05) is 18.2 Å². The lowest BCUT2D eigenvalue weighted by molar-refractivity contribution is 0.372. The Bertz CT molecular complexity index is 544. The van der Waals surface area contributed by atoms with Gasteiger partial charge in [-0.15, -0.1) is 0 Å². The fourth-order valence-electron chi connectivity index (χ4n) is 2.33. The maximum atomic E-state index is 10.3. The van der Waals surface area contributed by atoms with Crippen LogP contribution in [0.2, 0.25) is 0 Å². The molecule has 0 heterocycles. The van der Waals surface area contributed by atoms with E-state index in [0.717, 1.165) is 34.7 Å². The van der Waals surface area contributed by atoms with Crippen LogP contribution < -0.4 is 4.74 Å². The fraction of sp³-hybridized carbons (Fsp3) is 0.333. The first kappa shape index (κ1) is 11.8. The molecule has 0 aliphatic carbocycles. The lowest BCUT2D eigenvalue weighted by atomic mass is 9.98. The number of hydrogen-bond donors (Lipinski definition) is 1. The summed E-state index contributed by atoms with van der Waals surface area (Å²) >= 11 is 0. The molecule has 2 rings (SSSR count). The number of benzene rings is 2. The highest BCUT2D eigenvalue weighted by Gasteiger charge is 2.14. The van der Waals surface area contributed by atoms with Crippen LogP contribution in [0.15, 0.2) is 24.3 Å². The van der Waals surface area contributed by atoms with Gasteiger partial charge in [0.15, 0.2) is 11.5 Å². The molecule has 2 heteroatoms. The molecule has 0 saturated heterocycles. The third-order valence-electron chi connectivity index (χ3n) is 3.22. The average Bonchev–Trinajstić information content (AvgIpc) is 2.37. The highest BCUT2D eigenvalue weighted by atomic mass is 16.5. The van der Waals surface area contributed by atoms with Crippen molar-refractivity contribution in [3.05, 3.63) is 35.4 Å². The maximum Gasteiger partial charge on any atom is 0.166 e. The summed E-state index contributed by atoms with van der Waals surface area (Å²) in [5.41, 5.74) is 2.20. The lowest BCUT2D eigenvalue weighted by Gasteiger charge is -2.14. The van der Waals surface area contributed by atoms with Crippen LogP contribution in [0.4, 0.5) is 0 Å². The zero-order valence-electron chi connectivity index (χ0n) is 10.6. The van der Waals surface area contributed by atoms with Crippen LogP contribution in [0.5, 0.6) is 11.5 Å². The molecule has 0 radical (unpaired) electrons. The van der Waals surface area contributed by atoms with Crippen molar-refractivity contribution in [2.45, 2.75) is 26.7 Å². The molecule has 2 aromatic carbocycles. The molecule has 0 amide bonds. The summed E-state index contributed by atoms with van der Waals surface area (Å²) in [5, 5.41) is 12.4. The molecule has 0 unspecified atom stereocenters. The van der Waals surface area contributed by atoms with Crippen molar-refractivity contribution in [2.75, 3.05) is 7.11 Å². The van der Waals surface area contributed by atoms with E-state index in [1.165, 1.54) is 0 Å². The molecule has 0 fully saturated rings. The SMILES string of the molecule is CCc1cc2cccc(CC)c2c(O)c1OC. The molecule has 0 saturated carbocycles. The number of phenols is 1. The van der Waals surface area contributed by atoms with E-state index in [0.29, 0.717) is 5.75 Å². The van der Waals surface area contributed by atoms with Gasteiger partial charge in [0.05, 0.1) is 7.11 Å². The first-order valence-corrected chi connectivity index (χ1v) is 6.03. The minimum absolute atomic E-state index is 0.277. The molecule has 0 bridgehead atoms. The summed E-state index contributed by atoms with van der Waals surface area (Å²) in [4.78, 5) is 0. The van der Waals surface area contributed by atoms with Gasteiger partial charge in [-0.1, -0.05) is 32.0 Å². The summed E-state index contributed by atoms with van der Waals surface area (Å²) in [6.07, 6.45) is 1.75. The molecule has 17 heavy (non-hydrogen) atoms. The Morgan fingerprint density at radius 3 is 2.41 bits per heavy atom. The molecular formula is C15H18O2. The monoisotopic (exact) mass is 230 g/mol. The van der Waals surface area contributed by atoms with Crippen LogP contribution in [0.1, 0.15) is 25.0 Å². The van der Waals surface area contributed by atoms with E-state index in [-0.39, 0.29) is 5.75 Å². The first-order valence-electron chi connectivity index (χ1n) is 6.03. The predicted octanol–water partition coefficient (Wildman–Crippen LogP) is 3.68. The number of phenolic OH excluding ortho intramolecular Hbond substituents is 1. The highest BCUT2D eigenvalue weighted by Crippen LogP contribution is 2.39. The van der Waals surface area contributed by atoms with Gasteiger partial charge in [-0.2, -0.15) is 0 Å². The molecule has 0 aliphatic heterocycles. The number of rotatable bonds is 3. The Morgan fingerprint density at radius 2 is 1.82 bits per heavy atom. The summed E-state index contributed by atoms with van der Waals surface area (Å²) < 4.78 is 5.32. The number of aromatic hydroxyl groups is 1. The van der Waals surface area contributed by atoms with Gasteiger partial charge < -0.3 is 9.84 Å². The van der Waals surface area contributed by atoms with Gasteiger partial charge in [0, 0.05) is 5.39 Å². The second kappa shape index (κ2) is 4.66. The van der Waals surface area contributed by atoms with E-state index in [1.54, 1.807) is 7.11 Å². The van der Waals surface area contributed by atoms with E-state index in [2.05, 4.69) is 19.9 Å². The van der Waals surface area contributed by atoms with E-state index < -0.39 is 0 Å². The molecule has 0 atom stereocenters. The van der Waals surface area contributed by atoms with Crippen molar-refractivity contribution in [1.82, 2.24) is 0 Å². The molecule has 0 aromatic heterocycles. The second-order valence-electron chi connectivity index (χ2n) is 4.14. The Hall–Kier alpha value is -1.70. The summed E-state index contributed by atoms with van der Waals surface area (Å²) in [6, 6.07) is 8.22. The highest BCUT2D eigenvalue weighted by molar-refractivity contribution is 5.94. The summed E-state index contributed by atoms with van der Waals surface area (Å²) in [7, 11) is 1.61. The molecule has 0 aliphatic rings. The average molecular weight is 230 g/mol. The molecule has 0 spiro atoms. The summed E-state index contributed by atoms with van der Waals surface area (Å²) in [6.45, 7) is 4.15. The normalized spacial score (nSPS) is 10.8. The van der Waals surface area contributed by atoms with Gasteiger partial charge in [0.1, 0.15) is 0 Å². The Balaban J connectivity index is 2.86. The number of ether oxygens (including phenoxy) is 1. The Kier molecular flexibility index (Phi) is 3.23. The van der Waals surface area contributed by atoms with E-state index in [4.69, 9.17) is 4.74 Å². The van der Waals surface area contributed by atoms with Crippen LogP contribution in [0.25, 0.3) is 10.8 Å². The van der Waals surface area contributed by atoms with Crippen LogP contribution in [-0.2, 0) is 12.8 Å². The molecule has 2 nitrogen and oxygen atoms in total. The zero-order valence-corrected chi connectivity index (χ0v) is 10.6. The van der Waals surface area contributed by atoms with E-state index >= 15 is 0 Å². The van der Waals surface area contributed by atoms with Crippen molar-refractivity contribution in [3.63, 3.8) is 0 Å². The molecule has 2 aromatic rings. The fourth-order valence-corrected chi connectivity index (χ4v) is 2.33. The molecule has 1 N–H and O–H groups in total. The van der Waals surface area contributed by atoms with Gasteiger partial charge in [0.25, 0.3) is 0 Å². The quantitative estimate of drug-likeness (QED) is 0.871. The standard InChI is InChI=1S/C15H18O2/c1-4-10-7-6-8-12-9-11(5-2)15(17-3)14(16)13(10)12/h6-9,16H,4-5H2,1-3H3. The van der Waals surface area contributed by atoms with Crippen molar-refractivity contribution in [1.29, 1.82) is 0 Å². The minimum Gasteiger partial charge on any atom is -0.504 e. The van der Waals surface area contributed by atoms with E-state index in [9.17, 15) is 5.11 Å². The van der Waals surface area contributed by atoms with Crippen LogP contribution in [0, 0.1) is 0 Å². The molecule has 90 valence electrons. The summed E-state index contributed by atoms with van der Waals surface area (Å²) in [5.74, 6) is 0.889. The van der Waals surface area contributed by atoms with Gasteiger partial charge in [-0.05, 0) is 35.4 Å². The van der Waals surface area contributed by atoms with Gasteiger partial charge >= 0.3 is 0 Å². The first-order chi connectivity index (χ1) is 8.22. The molecular weight excluding hydrogens is 212 g/mol. The largest absolute Gasteiger partial charge is 0.504 e. The maximum absolute atomic E-state index is 10.3. The Morgan fingerprint density at radius 1 is 1.12 bits per heavy atom. The van der Waals surface area contributed by atoms with Crippen LogP contribution >= 0.6 is 0 Å². The number of aryl methyl sites for hydroxylation is 2. The van der Waals surface area contributed by atoms with Gasteiger partial charge in [-0.3, -0.25) is 0 Å². The number of methoxy groups -OCH3 is 1. The predicted molar refractivity (Wildman–Crippen MR) is 70.9 cm³/mol. The van der Waals surface area contributed by atoms with Crippen LogP contribution in [-0.4, -0.2) is 12.2 Å². The van der Waals surface area contributed by atoms with Crippen molar-refractivity contribution in [2.24, 2.45) is 0 Å². The van der Waals surface area contributed by atoms with Crippen LogP contribution in [0.3, 0.4) is 0 Å². The third-order valence-corrected chi connectivity index (χ3v) is 3.22. The van der Waals surface area contributed by atoms with Crippen molar-refractivity contribution < 1.29 is 9.84 Å². The van der Waals surface area contributed by atoms with Gasteiger partial charge in [-0.25, -0.2) is 0 Å². The Labute approximate surface area is 102 Å². The smallest absolute Gasteiger partial charge is 0.166 e. The lowest BCUT2D eigenvalue weighted by Crippen LogP contribution is -1.94. The number of fused-ring (bicyclic) bond motifs is 1. The van der Waals surface area contributed by atoms with Crippen molar-refractivity contribution in [3.8, 4) is 11.5 Å². The van der Waals surface area contributed by atoms with Crippen molar-refractivity contribution >= 4 is 10.8 Å². The topological polar surface area (TPSA) is 29.5 Å². The second-order valence-corrected chi connectivity index (χ2v) is 4.14. The third kappa shape index (κ3) is 1.84. The number of hydrogen-bond acceptors (Lipinski definition) is 2. The van der Waals surface area contributed by atoms with Gasteiger partial charge in [0.2, 0.25) is 0 Å².